The van der Waals surface area contributed by atoms with Crippen LogP contribution in [-0.2, 0) is 19.0 Å². The van der Waals surface area contributed by atoms with E-state index >= 15 is 0 Å². The third-order valence-electron chi connectivity index (χ3n) is 3.29. The number of hydrogen-bond donors (Lipinski definition) is 0. The first-order valence-electron chi connectivity index (χ1n) is 6.99. The van der Waals surface area contributed by atoms with Gasteiger partial charge in [0.15, 0.2) is 5.78 Å². The Kier molecular flexibility index (Phi) is 5.10. The van der Waals surface area contributed by atoms with Crippen molar-refractivity contribution < 1.29 is 35.9 Å². The average molecular weight is 362 g/mol. The maximum Gasteiger partial charge on any atom is 0.416 e. The van der Waals surface area contributed by atoms with Crippen LogP contribution in [0.1, 0.15) is 34.0 Å². The van der Waals surface area contributed by atoms with Gasteiger partial charge in [0.05, 0.1) is 11.1 Å². The van der Waals surface area contributed by atoms with Crippen molar-refractivity contribution in [3.63, 3.8) is 0 Å². The molecule has 0 atom stereocenters. The molecule has 0 radical (unpaired) electrons. The number of ether oxygens (including phenoxy) is 1. The van der Waals surface area contributed by atoms with Crippen LogP contribution in [0.2, 0.25) is 0 Å². The molecular weight excluding hydrogens is 350 g/mol. The van der Waals surface area contributed by atoms with Crippen molar-refractivity contribution in [3.05, 3.63) is 64.7 Å². The number of rotatable bonds is 4. The first-order chi connectivity index (χ1) is 11.5. The first kappa shape index (κ1) is 18.8. The van der Waals surface area contributed by atoms with Crippen molar-refractivity contribution in [2.75, 3.05) is 0 Å². The number of benzene rings is 2. The number of alkyl halides is 6. The lowest BCUT2D eigenvalue weighted by Crippen LogP contribution is -2.12. The van der Waals surface area contributed by atoms with E-state index in [-0.39, 0.29) is 23.2 Å². The van der Waals surface area contributed by atoms with Gasteiger partial charge in [-0.1, -0.05) is 12.1 Å². The highest BCUT2D eigenvalue weighted by atomic mass is 19.4. The Morgan fingerprint density at radius 3 is 1.96 bits per heavy atom. The second-order valence-electron chi connectivity index (χ2n) is 5.29. The fourth-order valence-electron chi connectivity index (χ4n) is 2.07. The minimum absolute atomic E-state index is 0.0554. The topological polar surface area (TPSA) is 26.3 Å². The molecule has 0 aromatic heterocycles. The minimum Gasteiger partial charge on any atom is -0.489 e. The van der Waals surface area contributed by atoms with Crippen LogP contribution in [0.15, 0.2) is 42.5 Å². The Bertz CT molecular complexity index is 745. The lowest BCUT2D eigenvalue weighted by Gasteiger charge is -2.15. The van der Waals surface area contributed by atoms with E-state index in [0.29, 0.717) is 17.7 Å². The summed E-state index contributed by atoms with van der Waals surface area (Å²) >= 11 is 0. The van der Waals surface area contributed by atoms with Crippen molar-refractivity contribution in [1.82, 2.24) is 0 Å². The highest BCUT2D eigenvalue weighted by molar-refractivity contribution is 5.94. The first-order valence-corrected chi connectivity index (χ1v) is 6.99. The highest BCUT2D eigenvalue weighted by Crippen LogP contribution is 2.36. The molecule has 0 unspecified atom stereocenters. The lowest BCUT2D eigenvalue weighted by atomic mass is 10.1. The Balaban J connectivity index is 2.30. The molecule has 2 aromatic carbocycles. The van der Waals surface area contributed by atoms with E-state index in [1.165, 1.54) is 31.2 Å². The molecule has 0 aliphatic heterocycles. The van der Waals surface area contributed by atoms with Gasteiger partial charge in [-0.05, 0) is 42.8 Å². The zero-order valence-corrected chi connectivity index (χ0v) is 12.8. The summed E-state index contributed by atoms with van der Waals surface area (Å²) in [6, 6.07) is 7.08. The largest absolute Gasteiger partial charge is 0.489 e. The van der Waals surface area contributed by atoms with Gasteiger partial charge in [-0.15, -0.1) is 0 Å². The molecule has 2 nitrogen and oxygen atoms in total. The minimum atomic E-state index is -4.91. The summed E-state index contributed by atoms with van der Waals surface area (Å²) in [5.41, 5.74) is -2.77. The summed E-state index contributed by atoms with van der Waals surface area (Å²) in [7, 11) is 0. The van der Waals surface area contributed by atoms with Crippen LogP contribution in [-0.4, -0.2) is 5.78 Å². The summed E-state index contributed by atoms with van der Waals surface area (Å²) in [6.45, 7) is 0.815. The van der Waals surface area contributed by atoms with Crippen molar-refractivity contribution in [3.8, 4) is 5.75 Å². The SMILES string of the molecule is CC(=O)c1cccc(OCc2cc(C(F)(F)F)cc(C(F)(F)F)c2)c1. The van der Waals surface area contributed by atoms with E-state index in [1.54, 1.807) is 0 Å². The van der Waals surface area contributed by atoms with Crippen LogP contribution >= 0.6 is 0 Å². The van der Waals surface area contributed by atoms with Crippen LogP contribution in [0.25, 0.3) is 0 Å². The standard InChI is InChI=1S/C17H12F6O2/c1-10(24)12-3-2-4-15(7-12)25-9-11-5-13(16(18,19)20)8-14(6-11)17(21,22)23/h2-8H,9H2,1H3. The zero-order chi connectivity index (χ0) is 18.8. The molecule has 2 rings (SSSR count). The van der Waals surface area contributed by atoms with Gasteiger partial charge in [-0.2, -0.15) is 26.3 Å². The number of carbonyl (C=O) groups is 1. The van der Waals surface area contributed by atoms with E-state index in [9.17, 15) is 31.1 Å². The quantitative estimate of drug-likeness (QED) is 0.530. The molecule has 0 N–H and O–H groups in total. The summed E-state index contributed by atoms with van der Waals surface area (Å²) in [5, 5.41) is 0. The van der Waals surface area contributed by atoms with E-state index in [4.69, 9.17) is 4.74 Å². The third kappa shape index (κ3) is 4.98. The van der Waals surface area contributed by atoms with E-state index in [2.05, 4.69) is 0 Å². The molecule has 0 amide bonds. The number of halogens is 6. The van der Waals surface area contributed by atoms with Crippen molar-refractivity contribution >= 4 is 5.78 Å². The maximum absolute atomic E-state index is 12.8. The Hall–Kier alpha value is -2.51. The molecule has 8 heteroatoms. The van der Waals surface area contributed by atoms with Gasteiger partial charge in [0.2, 0.25) is 0 Å². The van der Waals surface area contributed by atoms with Gasteiger partial charge < -0.3 is 4.74 Å². The molecule has 0 heterocycles. The number of hydrogen-bond acceptors (Lipinski definition) is 2. The second kappa shape index (κ2) is 6.78. The highest BCUT2D eigenvalue weighted by Gasteiger charge is 2.36. The number of Topliss-reactive ketones (excluding diaryl/α,β-unsaturated/α-hetero) is 1. The molecule has 0 saturated heterocycles. The molecular formula is C17H12F6O2. The van der Waals surface area contributed by atoms with Crippen LogP contribution < -0.4 is 4.74 Å². The number of carbonyl (C=O) groups excluding carboxylic acids is 1. The van der Waals surface area contributed by atoms with Crippen LogP contribution in [0.5, 0.6) is 5.75 Å². The predicted molar refractivity (Wildman–Crippen MR) is 77.2 cm³/mol. The molecule has 0 aliphatic carbocycles. The normalized spacial score (nSPS) is 12.1. The summed E-state index contributed by atoms with van der Waals surface area (Å²) in [5.74, 6) is -0.0810. The van der Waals surface area contributed by atoms with Crippen molar-refractivity contribution in [2.24, 2.45) is 0 Å². The second-order valence-corrected chi connectivity index (χ2v) is 5.29. The van der Waals surface area contributed by atoms with Crippen LogP contribution in [0, 0.1) is 0 Å². The van der Waals surface area contributed by atoms with Gasteiger partial charge in [0, 0.05) is 5.56 Å². The Morgan fingerprint density at radius 1 is 0.920 bits per heavy atom. The van der Waals surface area contributed by atoms with Gasteiger partial charge in [-0.3, -0.25) is 4.79 Å². The summed E-state index contributed by atoms with van der Waals surface area (Å²) in [6.07, 6.45) is -9.82. The van der Waals surface area contributed by atoms with Crippen LogP contribution in [0.4, 0.5) is 26.3 Å². The van der Waals surface area contributed by atoms with Crippen molar-refractivity contribution in [1.29, 1.82) is 0 Å². The van der Waals surface area contributed by atoms with E-state index in [0.717, 1.165) is 0 Å². The van der Waals surface area contributed by atoms with Crippen molar-refractivity contribution in [2.45, 2.75) is 25.9 Å². The Labute approximate surface area is 139 Å². The monoisotopic (exact) mass is 362 g/mol. The molecule has 0 fully saturated rings. The molecule has 0 bridgehead atoms. The molecule has 0 aliphatic rings. The smallest absolute Gasteiger partial charge is 0.416 e. The maximum atomic E-state index is 12.8. The lowest BCUT2D eigenvalue weighted by molar-refractivity contribution is -0.143. The zero-order valence-electron chi connectivity index (χ0n) is 12.8. The average Bonchev–Trinajstić information content (AvgIpc) is 2.51. The fraction of sp³-hybridized carbons (Fsp3) is 0.235. The molecule has 134 valence electrons. The van der Waals surface area contributed by atoms with Gasteiger partial charge in [0.1, 0.15) is 12.4 Å². The Morgan fingerprint density at radius 2 is 1.48 bits per heavy atom. The van der Waals surface area contributed by atoms with E-state index < -0.39 is 30.1 Å². The van der Waals surface area contributed by atoms with Crippen LogP contribution in [0.3, 0.4) is 0 Å². The number of ketones is 1. The fourth-order valence-corrected chi connectivity index (χ4v) is 2.07. The van der Waals surface area contributed by atoms with Gasteiger partial charge >= 0.3 is 12.4 Å². The predicted octanol–water partition coefficient (Wildman–Crippen LogP) is 5.51. The molecule has 25 heavy (non-hydrogen) atoms. The van der Waals surface area contributed by atoms with E-state index in [1.807, 2.05) is 0 Å². The van der Waals surface area contributed by atoms with Gasteiger partial charge in [0.25, 0.3) is 0 Å². The third-order valence-corrected chi connectivity index (χ3v) is 3.29. The van der Waals surface area contributed by atoms with Gasteiger partial charge in [-0.25, -0.2) is 0 Å². The summed E-state index contributed by atoms with van der Waals surface area (Å²) < 4.78 is 82.0. The molecule has 0 spiro atoms. The molecule has 0 saturated carbocycles. The summed E-state index contributed by atoms with van der Waals surface area (Å²) in [4.78, 5) is 11.3. The molecule has 2 aromatic rings.